The van der Waals surface area contributed by atoms with Gasteiger partial charge in [-0.1, -0.05) is 33.8 Å². The smallest absolute Gasteiger partial charge is 0.434 e. The van der Waals surface area contributed by atoms with Crippen molar-refractivity contribution in [2.75, 3.05) is 27.3 Å². The lowest BCUT2D eigenvalue weighted by Gasteiger charge is -2.30. The third-order valence-electron chi connectivity index (χ3n) is 12.9. The van der Waals surface area contributed by atoms with E-state index >= 15 is 4.39 Å². The molecule has 7 heterocycles. The Bertz CT molecular complexity index is 2940. The van der Waals surface area contributed by atoms with Gasteiger partial charge in [-0.3, -0.25) is 14.2 Å². The number of ether oxygens (including phenoxy) is 3. The van der Waals surface area contributed by atoms with Gasteiger partial charge in [0.1, 0.15) is 35.3 Å². The van der Waals surface area contributed by atoms with Crippen molar-refractivity contribution < 1.29 is 51.0 Å². The number of hydrogen-bond donors (Lipinski definition) is 4. The van der Waals surface area contributed by atoms with Crippen LogP contribution >= 0.6 is 11.3 Å². The monoisotopic (exact) mass is 974 g/mol. The minimum atomic E-state index is -4.72. The van der Waals surface area contributed by atoms with Crippen LogP contribution in [0.5, 0.6) is 5.75 Å². The number of aromatic nitrogens is 6. The summed E-state index contributed by atoms with van der Waals surface area (Å²) in [5, 5.41) is 6.82. The Hall–Kier alpha value is -6.97. The fraction of sp³-hybridized carbons (Fsp3) is 0.426. The highest BCUT2D eigenvalue weighted by atomic mass is 32.1. The van der Waals surface area contributed by atoms with Gasteiger partial charge in [-0.2, -0.15) is 13.2 Å². The lowest BCUT2D eigenvalue weighted by molar-refractivity contribution is -0.141. The number of imidazole rings is 2. The van der Waals surface area contributed by atoms with Crippen LogP contribution in [0, 0.1) is 17.7 Å². The molecule has 69 heavy (non-hydrogen) atoms. The summed E-state index contributed by atoms with van der Waals surface area (Å²) in [6.45, 7) is 8.22. The molecule has 3 aliphatic heterocycles. The predicted octanol–water partition coefficient (Wildman–Crippen LogP) is 8.73. The van der Waals surface area contributed by atoms with E-state index in [2.05, 4.69) is 35.6 Å². The number of fused-ring (bicyclic) bond motifs is 5. The highest BCUT2D eigenvalue weighted by Crippen LogP contribution is 2.48. The number of hydrogen-bond acceptors (Lipinski definition) is 11. The summed E-state index contributed by atoms with van der Waals surface area (Å²) in [5.74, 6) is -0.577. The van der Waals surface area contributed by atoms with Crippen LogP contribution in [0.15, 0.2) is 54.2 Å². The molecular formula is C47H50F4N10O7S. The average Bonchev–Trinajstić information content (AvgIpc) is 4.18. The number of halogens is 4. The Morgan fingerprint density at radius 3 is 1.90 bits per heavy atom. The van der Waals surface area contributed by atoms with Crippen LogP contribution in [0.4, 0.5) is 27.2 Å². The number of rotatable bonds is 11. The van der Waals surface area contributed by atoms with Gasteiger partial charge in [0.15, 0.2) is 10.7 Å². The Morgan fingerprint density at radius 1 is 0.812 bits per heavy atom. The summed E-state index contributed by atoms with van der Waals surface area (Å²) < 4.78 is 76.3. The number of thiazole rings is 1. The molecule has 22 heteroatoms. The van der Waals surface area contributed by atoms with E-state index in [1.54, 1.807) is 38.8 Å². The van der Waals surface area contributed by atoms with Crippen LogP contribution in [0.1, 0.15) is 94.0 Å². The Labute approximate surface area is 396 Å². The summed E-state index contributed by atoms with van der Waals surface area (Å²) in [6.07, 6.45) is -1.54. The number of amides is 4. The molecule has 3 aliphatic rings. The van der Waals surface area contributed by atoms with E-state index in [-0.39, 0.29) is 46.0 Å². The maximum absolute atomic E-state index is 16.8. The molecule has 9 rings (SSSR count). The molecule has 0 saturated carbocycles. The van der Waals surface area contributed by atoms with Crippen LogP contribution in [0.2, 0.25) is 0 Å². The Morgan fingerprint density at radius 2 is 1.38 bits per heavy atom. The first kappa shape index (κ1) is 47.1. The number of carbonyl (C=O) groups is 4. The van der Waals surface area contributed by atoms with Crippen molar-refractivity contribution in [3.05, 3.63) is 82.3 Å². The molecule has 2 fully saturated rings. The average molecular weight is 975 g/mol. The van der Waals surface area contributed by atoms with Crippen LogP contribution in [-0.4, -0.2) is 103 Å². The maximum Gasteiger partial charge on any atom is 0.434 e. The first-order chi connectivity index (χ1) is 32.9. The minimum Gasteiger partial charge on any atom is -0.462 e. The molecule has 0 bridgehead atoms. The molecule has 364 valence electrons. The first-order valence-corrected chi connectivity index (χ1v) is 23.4. The van der Waals surface area contributed by atoms with Gasteiger partial charge in [0.2, 0.25) is 18.0 Å². The highest BCUT2D eigenvalue weighted by molar-refractivity contribution is 7.09. The number of methoxy groups -OCH3 is 2. The Balaban J connectivity index is 1.04. The van der Waals surface area contributed by atoms with E-state index in [1.165, 1.54) is 26.5 Å². The summed E-state index contributed by atoms with van der Waals surface area (Å²) in [7, 11) is 2.46. The molecule has 3 unspecified atom stereocenters. The zero-order chi connectivity index (χ0) is 49.1. The van der Waals surface area contributed by atoms with E-state index in [0.29, 0.717) is 83.1 Å². The molecule has 0 aliphatic carbocycles. The van der Waals surface area contributed by atoms with Crippen LogP contribution in [-0.2, 0) is 25.2 Å². The number of nitrogens with zero attached hydrogens (tertiary/aromatic N) is 6. The van der Waals surface area contributed by atoms with E-state index in [4.69, 9.17) is 14.2 Å². The van der Waals surface area contributed by atoms with E-state index in [9.17, 15) is 32.3 Å². The second kappa shape index (κ2) is 18.5. The molecule has 4 aromatic heterocycles. The molecule has 2 aromatic carbocycles. The lowest BCUT2D eigenvalue weighted by atomic mass is 10.0. The molecule has 17 nitrogen and oxygen atoms in total. The van der Waals surface area contributed by atoms with Crippen LogP contribution in [0.25, 0.3) is 44.7 Å². The van der Waals surface area contributed by atoms with Gasteiger partial charge in [0.05, 0.1) is 66.9 Å². The number of likely N-dealkylation sites (tertiary alicyclic amines) is 2. The van der Waals surface area contributed by atoms with Gasteiger partial charge in [-0.15, -0.1) is 11.3 Å². The fourth-order valence-corrected chi connectivity index (χ4v) is 10.3. The number of H-pyrrole nitrogens is 2. The van der Waals surface area contributed by atoms with Gasteiger partial charge < -0.3 is 44.6 Å². The van der Waals surface area contributed by atoms with E-state index < -0.39 is 54.2 Å². The molecular weight excluding hydrogens is 925 g/mol. The van der Waals surface area contributed by atoms with Crippen LogP contribution < -0.4 is 15.4 Å². The summed E-state index contributed by atoms with van der Waals surface area (Å²) >= 11 is 0.772. The van der Waals surface area contributed by atoms with Gasteiger partial charge in [0, 0.05) is 35.0 Å². The number of alkyl halides is 3. The predicted molar refractivity (Wildman–Crippen MR) is 244 cm³/mol. The molecule has 4 amide bonds. The topological polar surface area (TPSA) is 202 Å². The summed E-state index contributed by atoms with van der Waals surface area (Å²) in [6, 6.07) is 7.62. The Kier molecular flexibility index (Phi) is 12.6. The number of aromatic amines is 2. The molecule has 5 atom stereocenters. The van der Waals surface area contributed by atoms with E-state index in [0.717, 1.165) is 23.1 Å². The normalized spacial score (nSPS) is 18.8. The van der Waals surface area contributed by atoms with Crippen molar-refractivity contribution in [3.63, 3.8) is 0 Å². The van der Waals surface area contributed by atoms with E-state index in [1.807, 2.05) is 39.8 Å². The molecule has 4 N–H and O–H groups in total. The zero-order valence-electron chi connectivity index (χ0n) is 38.4. The van der Waals surface area contributed by atoms with Gasteiger partial charge in [-0.05, 0) is 67.9 Å². The largest absolute Gasteiger partial charge is 0.462 e. The first-order valence-electron chi connectivity index (χ1n) is 22.5. The third-order valence-corrected chi connectivity index (χ3v) is 13.8. The molecule has 0 radical (unpaired) electrons. The van der Waals surface area contributed by atoms with Crippen LogP contribution in [0.3, 0.4) is 0 Å². The van der Waals surface area contributed by atoms with Crippen molar-refractivity contribution in [1.29, 1.82) is 0 Å². The number of alkyl carbamates (subject to hydrolysis) is 2. The van der Waals surface area contributed by atoms with Gasteiger partial charge in [-0.25, -0.2) is 28.9 Å². The van der Waals surface area contributed by atoms with Crippen molar-refractivity contribution in [1.82, 2.24) is 49.9 Å². The second-order valence-electron chi connectivity index (χ2n) is 18.0. The lowest BCUT2D eigenvalue weighted by Crippen LogP contribution is -2.51. The quantitative estimate of drug-likeness (QED) is 0.0910. The van der Waals surface area contributed by atoms with Crippen molar-refractivity contribution in [2.24, 2.45) is 11.8 Å². The molecule has 2 saturated heterocycles. The summed E-state index contributed by atoms with van der Waals surface area (Å²) in [5.41, 5.74) is 1.96. The second-order valence-corrected chi connectivity index (χ2v) is 18.9. The number of benzene rings is 2. The standard InChI is InChI=1S/C47H50F4N10O7S/c1-22(2)37(57-45(64)66-5)42(62)59-13-7-9-31(59)39-52-19-28(54-39)24-11-12-30-26(15-24)17-33-36-27(48)16-25(18-34(36)68-44(61(30)33)41-56-35(21-69-41)47(49,50)51)29-20-53-40(55-29)32-10-8-14-60(32)43(63)38(23(3)4)58-46(65)67-6/h11-12,15-23,31-32,37-38,44H,7-10,13-14H2,1-6H3,(H,52,54)(H,53,55)(H,57,64)(H,58,65)/t31-,32-,37?,38?,44?/m0/s1. The minimum absolute atomic E-state index is 0.00631. The SMILES string of the molecule is COC(=O)NC(C(=O)N1CCC[C@H]1c1ncc(-c2cc(F)c3c(c2)OC(c2nc(C(F)(F)F)cs2)n2c-3cc3cc(-c4cnc([C@@H]5CCCN5C(=O)C(NC(=O)OC)C(C)C)[nH]4)ccc32)[nH]1)C(C)C. The summed E-state index contributed by atoms with van der Waals surface area (Å²) in [4.78, 5) is 74.9. The zero-order valence-corrected chi connectivity index (χ0v) is 39.3. The molecule has 0 spiro atoms. The third kappa shape index (κ3) is 8.85. The fourth-order valence-electron chi connectivity index (χ4n) is 9.48. The maximum atomic E-state index is 16.8. The van der Waals surface area contributed by atoms with Gasteiger partial charge in [0.25, 0.3) is 0 Å². The molecule has 6 aromatic rings. The van der Waals surface area contributed by atoms with Crippen molar-refractivity contribution in [3.8, 4) is 39.5 Å². The number of nitrogens with one attached hydrogen (secondary N) is 4. The van der Waals surface area contributed by atoms with Crippen molar-refractivity contribution >= 4 is 46.2 Å². The van der Waals surface area contributed by atoms with Gasteiger partial charge >= 0.3 is 18.4 Å². The number of carbonyl (C=O) groups excluding carboxylic acids is 4. The van der Waals surface area contributed by atoms with Crippen molar-refractivity contribution in [2.45, 2.75) is 89.9 Å². The highest BCUT2D eigenvalue weighted by Gasteiger charge is 2.41.